The van der Waals surface area contributed by atoms with E-state index in [2.05, 4.69) is 5.32 Å². The van der Waals surface area contributed by atoms with Crippen LogP contribution in [-0.4, -0.2) is 30.6 Å². The van der Waals surface area contributed by atoms with Gasteiger partial charge in [0.05, 0.1) is 34.5 Å². The minimum Gasteiger partial charge on any atom is -0.394 e. The van der Waals surface area contributed by atoms with Crippen LogP contribution in [0, 0.1) is 5.82 Å². The number of aliphatic hydroxyl groups excluding tert-OH is 1. The summed E-state index contributed by atoms with van der Waals surface area (Å²) in [5, 5.41) is 12.3. The van der Waals surface area contributed by atoms with Crippen molar-refractivity contribution in [3.8, 4) is 0 Å². The van der Waals surface area contributed by atoms with Crippen LogP contribution in [-0.2, 0) is 23.3 Å². The molecular weight excluding hydrogens is 596 g/mol. The molecule has 0 saturated heterocycles. The number of rotatable bonds is 9. The number of nitrogens with one attached hydrogen (secondary N) is 1. The molecule has 1 fully saturated rings. The van der Waals surface area contributed by atoms with Crippen LogP contribution in [0.2, 0.25) is 5.02 Å². The van der Waals surface area contributed by atoms with E-state index in [0.29, 0.717) is 27.7 Å². The number of fused-ring (bicyclic) bond motifs is 1. The van der Waals surface area contributed by atoms with Crippen LogP contribution >= 0.6 is 11.6 Å². The van der Waals surface area contributed by atoms with Gasteiger partial charge in [0.2, 0.25) is 0 Å². The topological polar surface area (TPSA) is 88.4 Å². The molecule has 6 nitrogen and oxygen atoms in total. The molecule has 0 unspecified atom stereocenters. The first-order chi connectivity index (χ1) is 19.9. The number of hydrogen-bond donors (Lipinski definition) is 3. The van der Waals surface area contributed by atoms with Crippen molar-refractivity contribution in [2.45, 2.75) is 49.7 Å². The Morgan fingerprint density at radius 1 is 1.07 bits per heavy atom. The van der Waals surface area contributed by atoms with E-state index in [0.717, 1.165) is 18.9 Å². The first-order valence-electron chi connectivity index (χ1n) is 13.2. The summed E-state index contributed by atoms with van der Waals surface area (Å²) in [5.74, 6) is -1.60. The highest BCUT2D eigenvalue weighted by atomic mass is 35.5. The van der Waals surface area contributed by atoms with Gasteiger partial charge in [-0.1, -0.05) is 41.9 Å². The number of amides is 1. The van der Waals surface area contributed by atoms with Gasteiger partial charge in [0.1, 0.15) is 16.5 Å². The van der Waals surface area contributed by atoms with E-state index in [9.17, 15) is 31.5 Å². The van der Waals surface area contributed by atoms with Crippen molar-refractivity contribution in [3.63, 3.8) is 0 Å². The molecular formula is C30H27ClF4N2O4S. The van der Waals surface area contributed by atoms with Crippen molar-refractivity contribution in [3.05, 3.63) is 105 Å². The van der Waals surface area contributed by atoms with E-state index in [4.69, 9.17) is 11.6 Å². The molecule has 222 valence electrons. The van der Waals surface area contributed by atoms with Gasteiger partial charge in [-0.3, -0.25) is 4.79 Å². The number of nitrogens with zero attached hydrogens (tertiary/aromatic N) is 1. The maximum Gasteiger partial charge on any atom is 0.416 e. The van der Waals surface area contributed by atoms with E-state index in [1.807, 2.05) is 4.57 Å². The van der Waals surface area contributed by atoms with Crippen molar-refractivity contribution < 1.29 is 35.9 Å². The van der Waals surface area contributed by atoms with Gasteiger partial charge in [0.25, 0.3) is 5.91 Å². The Morgan fingerprint density at radius 3 is 2.33 bits per heavy atom. The predicted octanol–water partition coefficient (Wildman–Crippen LogP) is 6.51. The second-order valence-electron chi connectivity index (χ2n) is 10.4. The molecule has 1 aliphatic carbocycles. The number of aliphatic hydroxyl groups is 1. The van der Waals surface area contributed by atoms with Gasteiger partial charge in [-0.2, -0.15) is 13.2 Å². The molecule has 1 saturated carbocycles. The summed E-state index contributed by atoms with van der Waals surface area (Å²) in [6.45, 7) is 1.04. The van der Waals surface area contributed by atoms with Crippen molar-refractivity contribution >= 4 is 39.1 Å². The van der Waals surface area contributed by atoms with Crippen molar-refractivity contribution in [2.24, 2.45) is 0 Å². The van der Waals surface area contributed by atoms with Crippen LogP contribution in [0.15, 0.2) is 60.7 Å². The Labute approximate surface area is 245 Å². The molecule has 42 heavy (non-hydrogen) atoms. The van der Waals surface area contributed by atoms with Crippen LogP contribution in [0.3, 0.4) is 0 Å². The number of alkyl halides is 3. The molecule has 1 aliphatic rings. The van der Waals surface area contributed by atoms with E-state index < -0.39 is 52.1 Å². The third-order valence-electron chi connectivity index (χ3n) is 7.54. The quantitative estimate of drug-likeness (QED) is 0.147. The lowest BCUT2D eigenvalue weighted by Crippen LogP contribution is -2.31. The molecule has 2 N–H and O–H groups in total. The molecule has 3 aromatic carbocycles. The summed E-state index contributed by atoms with van der Waals surface area (Å²) in [4.78, 5) is 13.1. The first kappa shape index (κ1) is 30.1. The lowest BCUT2D eigenvalue weighted by Gasteiger charge is -2.18. The maximum absolute atomic E-state index is 15.4. The molecule has 5 rings (SSSR count). The minimum absolute atomic E-state index is 0.0161. The van der Waals surface area contributed by atoms with E-state index in [-0.39, 0.29) is 28.6 Å². The first-order valence-corrected chi connectivity index (χ1v) is 14.8. The number of thiol groups is 1. The highest BCUT2D eigenvalue weighted by molar-refractivity contribution is 7.72. The van der Waals surface area contributed by atoms with E-state index >= 15 is 4.39 Å². The molecule has 0 spiro atoms. The largest absolute Gasteiger partial charge is 0.416 e. The van der Waals surface area contributed by atoms with Crippen molar-refractivity contribution in [1.29, 1.82) is 0 Å². The fourth-order valence-corrected chi connectivity index (χ4v) is 5.73. The zero-order valence-corrected chi connectivity index (χ0v) is 23.9. The van der Waals surface area contributed by atoms with Crippen LogP contribution in [0.1, 0.15) is 75.4 Å². The van der Waals surface area contributed by atoms with Gasteiger partial charge in [0, 0.05) is 28.6 Å². The molecule has 1 aromatic heterocycles. The number of carbonyl (C=O) groups excluding carboxylic acids is 1. The third-order valence-corrected chi connectivity index (χ3v) is 8.70. The summed E-state index contributed by atoms with van der Waals surface area (Å²) in [6, 6.07) is 13.3. The Morgan fingerprint density at radius 2 is 1.74 bits per heavy atom. The summed E-state index contributed by atoms with van der Waals surface area (Å²) in [6.07, 6.45) is -3.07. The smallest absolute Gasteiger partial charge is 0.394 e. The summed E-state index contributed by atoms with van der Waals surface area (Å²) >= 11 is 5.84. The van der Waals surface area contributed by atoms with Crippen LogP contribution < -0.4 is 5.32 Å². The molecule has 0 bridgehead atoms. The molecule has 2 atom stereocenters. The van der Waals surface area contributed by atoms with Gasteiger partial charge < -0.3 is 15.0 Å². The highest BCUT2D eigenvalue weighted by Crippen LogP contribution is 2.42. The molecule has 1 amide bonds. The number of aromatic nitrogens is 1. The van der Waals surface area contributed by atoms with Gasteiger partial charge in [-0.15, -0.1) is 0 Å². The molecule has 12 heteroatoms. The van der Waals surface area contributed by atoms with Gasteiger partial charge in [-0.25, -0.2) is 12.8 Å². The van der Waals surface area contributed by atoms with Crippen LogP contribution in [0.5, 0.6) is 0 Å². The Balaban J connectivity index is 1.45. The molecule has 1 heterocycles. The molecule has 0 radical (unpaired) electrons. The fourth-order valence-electron chi connectivity index (χ4n) is 5.14. The predicted molar refractivity (Wildman–Crippen MR) is 152 cm³/mol. The number of carbonyl (C=O) groups is 1. The zero-order valence-electron chi connectivity index (χ0n) is 22.3. The Bertz CT molecular complexity index is 1720. The Kier molecular flexibility index (Phi) is 8.37. The zero-order chi connectivity index (χ0) is 30.3. The number of halogens is 5. The third kappa shape index (κ3) is 6.18. The maximum atomic E-state index is 15.4. The lowest BCUT2D eigenvalue weighted by atomic mass is 10.0. The average Bonchev–Trinajstić information content (AvgIpc) is 3.72. The summed E-state index contributed by atoms with van der Waals surface area (Å²) in [5.41, 5.74) is 0.985. The van der Waals surface area contributed by atoms with Crippen LogP contribution in [0.25, 0.3) is 10.9 Å². The second kappa shape index (κ2) is 11.7. The monoisotopic (exact) mass is 622 g/mol. The van der Waals surface area contributed by atoms with Crippen LogP contribution in [0.4, 0.5) is 17.6 Å². The normalized spacial score (nSPS) is 15.2. The minimum atomic E-state index is -4.61. The Hall–Kier alpha value is -3.41. The SMILES string of the molecule is C[C@H](c1ccc([C@H](CO)NC(=O)c2cc3cc(Cc4ccc(Cl)cc4C(F)(F)F)n(C4CC4)c3cc2F)cc1)[SH](=O)=O. The lowest BCUT2D eigenvalue weighted by molar-refractivity contribution is -0.138. The van der Waals surface area contributed by atoms with Crippen molar-refractivity contribution in [2.75, 3.05) is 6.61 Å². The van der Waals surface area contributed by atoms with E-state index in [1.165, 1.54) is 31.2 Å². The number of benzene rings is 3. The second-order valence-corrected chi connectivity index (χ2v) is 12.2. The summed E-state index contributed by atoms with van der Waals surface area (Å²) in [7, 11) is -2.67. The standard InChI is InChI=1S/C30H27ClF4N2O4S/c1-16(42(40)41)17-2-4-18(5-3-17)27(15-38)36-29(39)24-12-20-11-23(37(22-8-9-22)28(20)14-26(24)32)10-19-6-7-21(31)13-25(19)30(33,34)35/h2-7,11-14,16,22,27,38,42H,8-10,15H2,1H3,(H,36,39)/t16-,27+/m1/s1. The average molecular weight is 623 g/mol. The van der Waals surface area contributed by atoms with Gasteiger partial charge in [-0.05, 0) is 66.8 Å². The molecule has 4 aromatic rings. The fraction of sp³-hybridized carbons (Fsp3) is 0.300. The van der Waals surface area contributed by atoms with Crippen molar-refractivity contribution in [1.82, 2.24) is 9.88 Å². The molecule has 0 aliphatic heterocycles. The number of hydrogen-bond acceptors (Lipinski definition) is 4. The highest BCUT2D eigenvalue weighted by Gasteiger charge is 2.35. The summed E-state index contributed by atoms with van der Waals surface area (Å²) < 4.78 is 81.0. The van der Waals surface area contributed by atoms with Gasteiger partial charge >= 0.3 is 6.18 Å². The van der Waals surface area contributed by atoms with Gasteiger partial charge in [0.15, 0.2) is 0 Å². The van der Waals surface area contributed by atoms with E-state index in [1.54, 1.807) is 30.3 Å².